The third-order valence-electron chi connectivity index (χ3n) is 3.21. The Morgan fingerprint density at radius 3 is 2.62 bits per heavy atom. The molecule has 2 aromatic carbocycles. The number of aryl methyl sites for hydroxylation is 1. The van der Waals surface area contributed by atoms with Crippen molar-refractivity contribution in [2.24, 2.45) is 0 Å². The van der Waals surface area contributed by atoms with Crippen molar-refractivity contribution in [3.05, 3.63) is 63.3 Å². The van der Waals surface area contributed by atoms with Gasteiger partial charge >= 0.3 is 0 Å². The molecule has 0 saturated heterocycles. The zero-order valence-corrected chi connectivity index (χ0v) is 13.5. The van der Waals surface area contributed by atoms with Gasteiger partial charge in [0.05, 0.1) is 0 Å². The highest BCUT2D eigenvalue weighted by atomic mass is 79.9. The van der Waals surface area contributed by atoms with Gasteiger partial charge in [0.15, 0.2) is 5.76 Å². The highest BCUT2D eigenvalue weighted by Gasteiger charge is 2.17. The second-order valence-corrected chi connectivity index (χ2v) is 6.01. The molecule has 0 radical (unpaired) electrons. The molecule has 3 nitrogen and oxygen atoms in total. The number of hydrogen-bond donors (Lipinski definition) is 1. The molecule has 106 valence electrons. The molecule has 1 aromatic heterocycles. The van der Waals surface area contributed by atoms with Gasteiger partial charge in [0, 0.05) is 26.1 Å². The summed E-state index contributed by atoms with van der Waals surface area (Å²) in [4.78, 5) is 12.3. The number of amides is 1. The molecule has 0 aliphatic rings. The monoisotopic (exact) mass is 363 g/mol. The van der Waals surface area contributed by atoms with Gasteiger partial charge in [0.2, 0.25) is 0 Å². The van der Waals surface area contributed by atoms with E-state index in [0.29, 0.717) is 22.1 Å². The van der Waals surface area contributed by atoms with Gasteiger partial charge in [0.1, 0.15) is 5.58 Å². The molecule has 0 aliphatic heterocycles. The zero-order chi connectivity index (χ0) is 15.0. The van der Waals surface area contributed by atoms with E-state index < -0.39 is 0 Å². The number of fused-ring (bicyclic) bond motifs is 1. The maximum Gasteiger partial charge on any atom is 0.291 e. The second-order valence-electron chi connectivity index (χ2n) is 4.66. The number of carbonyl (C=O) groups excluding carboxylic acids is 1. The van der Waals surface area contributed by atoms with Gasteiger partial charge in [-0.2, -0.15) is 0 Å². The highest BCUT2D eigenvalue weighted by Crippen LogP contribution is 2.28. The minimum Gasteiger partial charge on any atom is -0.451 e. The Bertz CT molecular complexity index is 824. The van der Waals surface area contributed by atoms with Crippen LogP contribution >= 0.6 is 27.5 Å². The number of anilines is 1. The van der Waals surface area contributed by atoms with Crippen LogP contribution in [0.5, 0.6) is 0 Å². The summed E-state index contributed by atoms with van der Waals surface area (Å²) < 4.78 is 6.59. The Morgan fingerprint density at radius 2 is 1.90 bits per heavy atom. The van der Waals surface area contributed by atoms with Crippen LogP contribution in [-0.2, 0) is 0 Å². The summed E-state index contributed by atoms with van der Waals surface area (Å²) in [5.74, 6) is 0.0253. The fourth-order valence-corrected chi connectivity index (χ4v) is 2.57. The van der Waals surface area contributed by atoms with Crippen molar-refractivity contribution in [1.82, 2.24) is 0 Å². The number of rotatable bonds is 2. The molecular weight excluding hydrogens is 354 g/mol. The fraction of sp³-hybridized carbons (Fsp3) is 0.0625. The Balaban J connectivity index is 1.94. The molecule has 3 aromatic rings. The molecule has 0 unspecified atom stereocenters. The van der Waals surface area contributed by atoms with E-state index in [1.165, 1.54) is 0 Å². The normalized spacial score (nSPS) is 10.8. The van der Waals surface area contributed by atoms with Crippen molar-refractivity contribution in [3.63, 3.8) is 0 Å². The average molecular weight is 365 g/mol. The molecule has 0 fully saturated rings. The SMILES string of the molecule is Cc1c(C(=O)Nc2ccc(Br)cc2)oc2ccc(Cl)cc12. The first-order valence-electron chi connectivity index (χ1n) is 6.30. The second kappa shape index (κ2) is 5.54. The van der Waals surface area contributed by atoms with Gasteiger partial charge in [-0.3, -0.25) is 4.79 Å². The molecule has 0 bridgehead atoms. The topological polar surface area (TPSA) is 42.2 Å². The third kappa shape index (κ3) is 2.82. The van der Waals surface area contributed by atoms with E-state index in [9.17, 15) is 4.79 Å². The van der Waals surface area contributed by atoms with Gasteiger partial charge < -0.3 is 9.73 Å². The Labute approximate surface area is 135 Å². The first-order valence-corrected chi connectivity index (χ1v) is 7.47. The van der Waals surface area contributed by atoms with Gasteiger partial charge in [0.25, 0.3) is 5.91 Å². The number of nitrogens with one attached hydrogen (secondary N) is 1. The summed E-state index contributed by atoms with van der Waals surface area (Å²) >= 11 is 9.33. The molecule has 1 N–H and O–H groups in total. The minimum atomic E-state index is -0.276. The van der Waals surface area contributed by atoms with Crippen molar-refractivity contribution >= 4 is 50.1 Å². The molecule has 21 heavy (non-hydrogen) atoms. The van der Waals surface area contributed by atoms with Gasteiger partial charge in [-0.15, -0.1) is 0 Å². The molecule has 3 rings (SSSR count). The van der Waals surface area contributed by atoms with Crippen LogP contribution in [0.15, 0.2) is 51.4 Å². The number of carbonyl (C=O) groups is 1. The van der Waals surface area contributed by atoms with E-state index in [4.69, 9.17) is 16.0 Å². The molecule has 0 atom stereocenters. The molecular formula is C16H11BrClNO2. The van der Waals surface area contributed by atoms with Crippen LogP contribution in [0.25, 0.3) is 11.0 Å². The molecule has 0 spiro atoms. The molecule has 0 saturated carbocycles. The first kappa shape index (κ1) is 14.2. The van der Waals surface area contributed by atoms with E-state index in [1.807, 2.05) is 31.2 Å². The lowest BCUT2D eigenvalue weighted by molar-refractivity contribution is 0.0998. The number of halogens is 2. The van der Waals surface area contributed by atoms with Crippen LogP contribution in [0.1, 0.15) is 16.1 Å². The van der Waals surface area contributed by atoms with E-state index in [1.54, 1.807) is 18.2 Å². The smallest absolute Gasteiger partial charge is 0.291 e. The zero-order valence-electron chi connectivity index (χ0n) is 11.1. The van der Waals surface area contributed by atoms with Crippen molar-refractivity contribution in [2.75, 3.05) is 5.32 Å². The first-order chi connectivity index (χ1) is 10.0. The van der Waals surface area contributed by atoms with Crippen LogP contribution in [-0.4, -0.2) is 5.91 Å². The minimum absolute atomic E-state index is 0.276. The Morgan fingerprint density at radius 1 is 1.19 bits per heavy atom. The largest absolute Gasteiger partial charge is 0.451 e. The summed E-state index contributed by atoms with van der Waals surface area (Å²) in [5, 5.41) is 4.28. The lowest BCUT2D eigenvalue weighted by Crippen LogP contribution is -2.11. The summed E-state index contributed by atoms with van der Waals surface area (Å²) in [5.41, 5.74) is 2.14. The molecule has 1 amide bonds. The van der Waals surface area contributed by atoms with E-state index in [-0.39, 0.29) is 5.91 Å². The number of furan rings is 1. The predicted molar refractivity (Wildman–Crippen MR) is 88.1 cm³/mol. The molecule has 5 heteroatoms. The van der Waals surface area contributed by atoms with Gasteiger partial charge in [-0.1, -0.05) is 27.5 Å². The lowest BCUT2D eigenvalue weighted by atomic mass is 10.1. The van der Waals surface area contributed by atoms with Crippen molar-refractivity contribution in [3.8, 4) is 0 Å². The van der Waals surface area contributed by atoms with E-state index in [2.05, 4.69) is 21.2 Å². The Hall–Kier alpha value is -1.78. The van der Waals surface area contributed by atoms with Crippen molar-refractivity contribution in [2.45, 2.75) is 6.92 Å². The van der Waals surface area contributed by atoms with Crippen LogP contribution in [0.2, 0.25) is 5.02 Å². The van der Waals surface area contributed by atoms with E-state index >= 15 is 0 Å². The van der Waals surface area contributed by atoms with Crippen molar-refractivity contribution in [1.29, 1.82) is 0 Å². The van der Waals surface area contributed by atoms with E-state index in [0.717, 1.165) is 15.4 Å². The Kier molecular flexibility index (Phi) is 3.74. The number of hydrogen-bond acceptors (Lipinski definition) is 2. The maximum absolute atomic E-state index is 12.3. The summed E-state index contributed by atoms with van der Waals surface area (Å²) in [6.07, 6.45) is 0. The molecule has 0 aliphatic carbocycles. The third-order valence-corrected chi connectivity index (χ3v) is 3.97. The molecule has 1 heterocycles. The van der Waals surface area contributed by atoms with Gasteiger partial charge in [-0.25, -0.2) is 0 Å². The van der Waals surface area contributed by atoms with Crippen LogP contribution in [0.3, 0.4) is 0 Å². The average Bonchev–Trinajstić information content (AvgIpc) is 2.79. The fourth-order valence-electron chi connectivity index (χ4n) is 2.13. The van der Waals surface area contributed by atoms with Crippen LogP contribution in [0, 0.1) is 6.92 Å². The van der Waals surface area contributed by atoms with Crippen LogP contribution in [0.4, 0.5) is 5.69 Å². The lowest BCUT2D eigenvalue weighted by Gasteiger charge is -2.03. The summed E-state index contributed by atoms with van der Waals surface area (Å²) in [6.45, 7) is 1.85. The highest BCUT2D eigenvalue weighted by molar-refractivity contribution is 9.10. The number of benzene rings is 2. The van der Waals surface area contributed by atoms with Crippen molar-refractivity contribution < 1.29 is 9.21 Å². The van der Waals surface area contributed by atoms with Crippen LogP contribution < -0.4 is 5.32 Å². The maximum atomic E-state index is 12.3. The summed E-state index contributed by atoms with van der Waals surface area (Å²) in [7, 11) is 0. The standard InChI is InChI=1S/C16H11BrClNO2/c1-9-13-8-11(18)4-7-14(13)21-15(9)16(20)19-12-5-2-10(17)3-6-12/h2-8H,1H3,(H,19,20). The predicted octanol–water partition coefficient (Wildman–Crippen LogP) is 5.41. The summed E-state index contributed by atoms with van der Waals surface area (Å²) in [6, 6.07) is 12.7. The van der Waals surface area contributed by atoms with Gasteiger partial charge in [-0.05, 0) is 49.4 Å². The quantitative estimate of drug-likeness (QED) is 0.660.